The van der Waals surface area contributed by atoms with E-state index < -0.39 is 58.0 Å². The highest BCUT2D eigenvalue weighted by atomic mass is 16.3. The summed E-state index contributed by atoms with van der Waals surface area (Å²) in [6, 6.07) is 0.592. The number of amides is 1. The number of anilines is 1. The van der Waals surface area contributed by atoms with Crippen LogP contribution in [0.1, 0.15) is 23.1 Å². The maximum Gasteiger partial charge on any atom is 0.255 e. The molecule has 0 radical (unpaired) electrons. The number of fused-ring (bicyclic) bond motifs is 3. The minimum absolute atomic E-state index is 0.0200. The molecule has 39 heavy (non-hydrogen) atoms. The Hall–Kier alpha value is -3.85. The molecule has 0 unspecified atom stereocenters. The third-order valence-electron chi connectivity index (χ3n) is 7.80. The van der Waals surface area contributed by atoms with Gasteiger partial charge in [0.05, 0.1) is 23.7 Å². The van der Waals surface area contributed by atoms with Gasteiger partial charge < -0.3 is 31.1 Å². The minimum Gasteiger partial charge on any atom is -0.508 e. The number of hydrogen-bond acceptors (Lipinski definition) is 10. The Kier molecular flexibility index (Phi) is 7.02. The van der Waals surface area contributed by atoms with E-state index in [1.165, 1.54) is 4.90 Å². The van der Waals surface area contributed by atoms with Crippen molar-refractivity contribution in [2.24, 2.45) is 17.6 Å². The highest BCUT2D eigenvalue weighted by Crippen LogP contribution is 2.54. The van der Waals surface area contributed by atoms with Crippen molar-refractivity contribution in [3.8, 4) is 17.6 Å². The van der Waals surface area contributed by atoms with E-state index in [4.69, 9.17) is 5.73 Å². The molecular weight excluding hydrogens is 504 g/mol. The fourth-order valence-electron chi connectivity index (χ4n) is 6.08. The van der Waals surface area contributed by atoms with Crippen LogP contribution in [0.15, 0.2) is 23.0 Å². The number of likely N-dealkylation sites (N-methyl/N-ethyl adjacent to an activating group) is 1. The molecule has 0 heterocycles. The Morgan fingerprint density at radius 3 is 2.31 bits per heavy atom. The molecule has 3 aliphatic rings. The molecule has 1 fully saturated rings. The van der Waals surface area contributed by atoms with E-state index in [0.717, 1.165) is 0 Å². The zero-order valence-electron chi connectivity index (χ0n) is 22.9. The second-order valence-electron chi connectivity index (χ2n) is 11.0. The van der Waals surface area contributed by atoms with Crippen LogP contribution in [-0.4, -0.2) is 108 Å². The fourth-order valence-corrected chi connectivity index (χ4v) is 6.08. The van der Waals surface area contributed by atoms with Crippen LogP contribution in [0.4, 0.5) is 5.69 Å². The molecule has 11 heteroatoms. The van der Waals surface area contributed by atoms with Gasteiger partial charge in [-0.2, -0.15) is 0 Å². The average molecular weight is 539 g/mol. The number of aliphatic hydroxyl groups is 3. The van der Waals surface area contributed by atoms with E-state index in [9.17, 15) is 34.8 Å². The molecule has 1 amide bonds. The predicted octanol–water partition coefficient (Wildman–Crippen LogP) is -0.0569. The number of phenols is 1. The zero-order valence-corrected chi connectivity index (χ0v) is 22.9. The Morgan fingerprint density at radius 1 is 1.13 bits per heavy atom. The van der Waals surface area contributed by atoms with Crippen LogP contribution in [0.25, 0.3) is 5.76 Å². The van der Waals surface area contributed by atoms with Crippen molar-refractivity contribution in [1.29, 1.82) is 0 Å². The van der Waals surface area contributed by atoms with Crippen molar-refractivity contribution >= 4 is 28.9 Å². The molecule has 3 aliphatic carbocycles. The molecule has 4 rings (SSSR count). The highest BCUT2D eigenvalue weighted by molar-refractivity contribution is 6.24. The summed E-state index contributed by atoms with van der Waals surface area (Å²) < 4.78 is 0. The largest absolute Gasteiger partial charge is 0.508 e. The average Bonchev–Trinajstić information content (AvgIpc) is 2.81. The van der Waals surface area contributed by atoms with Crippen molar-refractivity contribution in [2.45, 2.75) is 24.5 Å². The summed E-state index contributed by atoms with van der Waals surface area (Å²) in [6.07, 6.45) is 0.241. The highest BCUT2D eigenvalue weighted by Gasteiger charge is 2.64. The van der Waals surface area contributed by atoms with Gasteiger partial charge in [0.1, 0.15) is 22.8 Å². The first-order chi connectivity index (χ1) is 18.1. The number of rotatable bonds is 4. The van der Waals surface area contributed by atoms with Gasteiger partial charge >= 0.3 is 0 Å². The molecule has 11 nitrogen and oxygen atoms in total. The van der Waals surface area contributed by atoms with Crippen molar-refractivity contribution in [3.05, 3.63) is 39.7 Å². The minimum atomic E-state index is -2.67. The van der Waals surface area contributed by atoms with Crippen LogP contribution in [0.3, 0.4) is 0 Å². The Morgan fingerprint density at radius 2 is 1.77 bits per heavy atom. The van der Waals surface area contributed by atoms with Crippen LogP contribution in [0.5, 0.6) is 5.75 Å². The number of aromatic hydroxyl groups is 1. The van der Waals surface area contributed by atoms with E-state index in [2.05, 4.69) is 11.8 Å². The lowest BCUT2D eigenvalue weighted by atomic mass is 9.57. The van der Waals surface area contributed by atoms with E-state index in [1.54, 1.807) is 34.3 Å². The summed E-state index contributed by atoms with van der Waals surface area (Å²) in [5.74, 6) is -0.954. The van der Waals surface area contributed by atoms with E-state index in [1.807, 2.05) is 23.9 Å². The molecular formula is C28H34N4O7. The third kappa shape index (κ3) is 4.16. The number of aliphatic hydroxyl groups excluding tert-OH is 2. The second kappa shape index (κ2) is 9.72. The molecule has 208 valence electrons. The van der Waals surface area contributed by atoms with Crippen molar-refractivity contribution in [2.75, 3.05) is 53.7 Å². The molecule has 0 bridgehead atoms. The van der Waals surface area contributed by atoms with Crippen LogP contribution < -0.4 is 10.6 Å². The van der Waals surface area contributed by atoms with Gasteiger partial charge in [-0.1, -0.05) is 11.8 Å². The quantitative estimate of drug-likeness (QED) is 0.259. The first-order valence-corrected chi connectivity index (χ1v) is 12.5. The maximum absolute atomic E-state index is 14.0. The first-order valence-electron chi connectivity index (χ1n) is 12.5. The fraction of sp³-hybridized carbons (Fsp3) is 0.464. The standard InChI is InChI=1S/C28H34N4O7/c1-30(2)9-7-8-13-12-17(31(3)4)15-10-14-11-16-21(32(5)6)24(35)20(27(29)38)26(37)28(16,39)25(36)18(14)23(34)19(15)22(13)33/h12,14,16,21,33-34,37,39H,9-11H2,1-6H3,(H2,29,38)/t14-,16-,21-,28-/m1/s1. The number of carbonyl (C=O) groups is 3. The number of ketones is 2. The summed E-state index contributed by atoms with van der Waals surface area (Å²) in [4.78, 5) is 44.4. The van der Waals surface area contributed by atoms with Gasteiger partial charge in [0, 0.05) is 31.3 Å². The molecule has 0 aromatic heterocycles. The molecule has 0 saturated heterocycles. The first kappa shape index (κ1) is 28.2. The molecule has 6 N–H and O–H groups in total. The van der Waals surface area contributed by atoms with Crippen molar-refractivity contribution < 1.29 is 34.8 Å². The predicted molar refractivity (Wildman–Crippen MR) is 144 cm³/mol. The number of benzene rings is 1. The summed E-state index contributed by atoms with van der Waals surface area (Å²) in [5, 5.41) is 45.4. The SMILES string of the molecule is CN(C)CC#Cc1cc(N(C)C)c2c(c1O)C(O)=C1C(=O)[C@@]3(O)C(O)=C(C(N)=O)C(=O)[C@H](N(C)C)[C@H]3C[C@H]1C2. The van der Waals surface area contributed by atoms with Crippen molar-refractivity contribution in [3.63, 3.8) is 0 Å². The van der Waals surface area contributed by atoms with Crippen LogP contribution in [0, 0.1) is 23.7 Å². The maximum atomic E-state index is 14.0. The molecule has 4 atom stereocenters. The molecule has 0 aliphatic heterocycles. The lowest BCUT2D eigenvalue weighted by Crippen LogP contribution is -2.65. The van der Waals surface area contributed by atoms with Gasteiger partial charge in [-0.3, -0.25) is 24.2 Å². The number of Topliss-reactive ketones (excluding diaryl/α,β-unsaturated/α-hetero) is 2. The van der Waals surface area contributed by atoms with Gasteiger partial charge in [0.25, 0.3) is 5.91 Å². The summed E-state index contributed by atoms with van der Waals surface area (Å²) in [7, 11) is 10.4. The van der Waals surface area contributed by atoms with Crippen LogP contribution in [-0.2, 0) is 20.8 Å². The number of primary amides is 1. The lowest BCUT2D eigenvalue weighted by molar-refractivity contribution is -0.153. The van der Waals surface area contributed by atoms with Gasteiger partial charge in [-0.15, -0.1) is 0 Å². The summed E-state index contributed by atoms with van der Waals surface area (Å²) >= 11 is 0. The summed E-state index contributed by atoms with van der Waals surface area (Å²) in [6.45, 7) is 0.426. The Balaban J connectivity index is 1.98. The molecule has 1 aromatic rings. The second-order valence-corrected chi connectivity index (χ2v) is 11.0. The molecule has 1 aromatic carbocycles. The van der Waals surface area contributed by atoms with Gasteiger partial charge in [-0.25, -0.2) is 0 Å². The van der Waals surface area contributed by atoms with Crippen LogP contribution >= 0.6 is 0 Å². The van der Waals surface area contributed by atoms with Gasteiger partial charge in [0.2, 0.25) is 5.78 Å². The lowest BCUT2D eigenvalue weighted by Gasteiger charge is -2.50. The number of hydrogen-bond donors (Lipinski definition) is 5. The van der Waals surface area contributed by atoms with Crippen LogP contribution in [0.2, 0.25) is 0 Å². The van der Waals surface area contributed by atoms with Crippen molar-refractivity contribution in [1.82, 2.24) is 9.80 Å². The number of nitrogens with two attached hydrogens (primary N) is 1. The monoisotopic (exact) mass is 538 g/mol. The topological polar surface area (TPSA) is 168 Å². The number of nitrogens with zero attached hydrogens (tertiary/aromatic N) is 3. The summed E-state index contributed by atoms with van der Waals surface area (Å²) in [5.41, 5.74) is 3.19. The van der Waals surface area contributed by atoms with E-state index in [-0.39, 0.29) is 35.3 Å². The molecule has 0 spiro atoms. The van der Waals surface area contributed by atoms with Gasteiger partial charge in [0.15, 0.2) is 11.4 Å². The normalized spacial score (nSPS) is 26.2. The zero-order chi connectivity index (χ0) is 29.1. The number of carbonyl (C=O) groups excluding carboxylic acids is 3. The third-order valence-corrected chi connectivity index (χ3v) is 7.80. The Labute approximate surface area is 226 Å². The Bertz CT molecular complexity index is 1410. The van der Waals surface area contributed by atoms with Gasteiger partial charge in [-0.05, 0) is 58.6 Å². The number of phenolic OH excluding ortho intramolecular Hbond substituents is 1. The van der Waals surface area contributed by atoms with E-state index in [0.29, 0.717) is 17.8 Å². The smallest absolute Gasteiger partial charge is 0.255 e. The molecule has 1 saturated carbocycles. The van der Waals surface area contributed by atoms with E-state index >= 15 is 0 Å².